The van der Waals surface area contributed by atoms with Crippen LogP contribution in [0.5, 0.6) is 11.5 Å². The lowest BCUT2D eigenvalue weighted by Gasteiger charge is -2.10. The van der Waals surface area contributed by atoms with Crippen molar-refractivity contribution >= 4 is 5.69 Å². The van der Waals surface area contributed by atoms with Gasteiger partial charge >= 0.3 is 0 Å². The van der Waals surface area contributed by atoms with Crippen molar-refractivity contribution < 1.29 is 4.74 Å². The van der Waals surface area contributed by atoms with Crippen molar-refractivity contribution in [3.8, 4) is 11.5 Å². The third-order valence-electron chi connectivity index (χ3n) is 2.47. The summed E-state index contributed by atoms with van der Waals surface area (Å²) in [7, 11) is 0. The van der Waals surface area contributed by atoms with E-state index in [0.29, 0.717) is 11.4 Å². The van der Waals surface area contributed by atoms with E-state index < -0.39 is 0 Å². The number of anilines is 1. The number of nitrogen functional groups attached to an aromatic ring is 1. The van der Waals surface area contributed by atoms with Crippen molar-refractivity contribution in [1.29, 1.82) is 0 Å². The van der Waals surface area contributed by atoms with Gasteiger partial charge in [0.25, 0.3) is 0 Å². The van der Waals surface area contributed by atoms with E-state index in [9.17, 15) is 0 Å². The SMILES string of the molecule is Cc1ccc(Oc2ccccc2N)c(C)c1. The average Bonchev–Trinajstić information content (AvgIpc) is 2.25. The van der Waals surface area contributed by atoms with E-state index in [4.69, 9.17) is 10.5 Å². The normalized spacial score (nSPS) is 10.1. The lowest BCUT2D eigenvalue weighted by Crippen LogP contribution is -1.93. The molecule has 0 atom stereocenters. The molecule has 16 heavy (non-hydrogen) atoms. The summed E-state index contributed by atoms with van der Waals surface area (Å²) >= 11 is 0. The van der Waals surface area contributed by atoms with E-state index in [1.807, 2.05) is 43.3 Å². The van der Waals surface area contributed by atoms with Gasteiger partial charge in [0, 0.05) is 0 Å². The van der Waals surface area contributed by atoms with Crippen LogP contribution in [-0.2, 0) is 0 Å². The lowest BCUT2D eigenvalue weighted by molar-refractivity contribution is 0.481. The van der Waals surface area contributed by atoms with Crippen molar-refractivity contribution in [3.05, 3.63) is 53.6 Å². The molecule has 0 aromatic heterocycles. The zero-order valence-electron chi connectivity index (χ0n) is 9.53. The predicted octanol–water partition coefficient (Wildman–Crippen LogP) is 3.68. The minimum Gasteiger partial charge on any atom is -0.455 e. The van der Waals surface area contributed by atoms with Crippen molar-refractivity contribution in [1.82, 2.24) is 0 Å². The van der Waals surface area contributed by atoms with Gasteiger partial charge in [0.1, 0.15) is 11.5 Å². The molecule has 0 aliphatic carbocycles. The van der Waals surface area contributed by atoms with Crippen LogP contribution >= 0.6 is 0 Å². The van der Waals surface area contributed by atoms with Gasteiger partial charge in [-0.15, -0.1) is 0 Å². The zero-order valence-corrected chi connectivity index (χ0v) is 9.53. The molecule has 0 saturated carbocycles. The molecule has 0 radical (unpaired) electrons. The second kappa shape index (κ2) is 4.27. The minimum atomic E-state index is 0.655. The van der Waals surface area contributed by atoms with Crippen molar-refractivity contribution in [2.24, 2.45) is 0 Å². The standard InChI is InChI=1S/C14H15NO/c1-10-7-8-13(11(2)9-10)16-14-6-4-3-5-12(14)15/h3-9H,15H2,1-2H3. The molecule has 2 N–H and O–H groups in total. The van der Waals surface area contributed by atoms with Crippen LogP contribution < -0.4 is 10.5 Å². The molecule has 0 fully saturated rings. The molecule has 0 saturated heterocycles. The van der Waals surface area contributed by atoms with Crippen LogP contribution in [0.3, 0.4) is 0 Å². The lowest BCUT2D eigenvalue weighted by atomic mass is 10.1. The fourth-order valence-electron chi connectivity index (χ4n) is 1.61. The highest BCUT2D eigenvalue weighted by Gasteiger charge is 2.03. The summed E-state index contributed by atoms with van der Waals surface area (Å²) < 4.78 is 5.77. The molecule has 0 unspecified atom stereocenters. The Hall–Kier alpha value is -1.96. The maximum absolute atomic E-state index is 5.82. The third kappa shape index (κ3) is 2.16. The molecule has 0 aliphatic rings. The van der Waals surface area contributed by atoms with Gasteiger partial charge in [0.15, 0.2) is 0 Å². The first-order valence-electron chi connectivity index (χ1n) is 5.26. The highest BCUT2D eigenvalue weighted by Crippen LogP contribution is 2.29. The number of nitrogens with two attached hydrogens (primary N) is 1. The van der Waals surface area contributed by atoms with Crippen LogP contribution in [0.1, 0.15) is 11.1 Å². The van der Waals surface area contributed by atoms with Crippen molar-refractivity contribution in [2.45, 2.75) is 13.8 Å². The summed E-state index contributed by atoms with van der Waals surface area (Å²) in [6.07, 6.45) is 0. The molecule has 0 aliphatic heterocycles. The molecule has 2 rings (SSSR count). The Kier molecular flexibility index (Phi) is 2.82. The van der Waals surface area contributed by atoms with Gasteiger partial charge in [-0.2, -0.15) is 0 Å². The first-order valence-corrected chi connectivity index (χ1v) is 5.26. The molecule has 2 heteroatoms. The van der Waals surface area contributed by atoms with E-state index >= 15 is 0 Å². The van der Waals surface area contributed by atoms with Crippen LogP contribution in [-0.4, -0.2) is 0 Å². The Labute approximate surface area is 95.7 Å². The quantitative estimate of drug-likeness (QED) is 0.772. The molecule has 2 nitrogen and oxygen atoms in total. The first-order chi connectivity index (χ1) is 7.66. The summed E-state index contributed by atoms with van der Waals surface area (Å²) in [4.78, 5) is 0. The van der Waals surface area contributed by atoms with Crippen LogP contribution in [0.25, 0.3) is 0 Å². The minimum absolute atomic E-state index is 0.655. The van der Waals surface area contributed by atoms with Crippen LogP contribution in [0.15, 0.2) is 42.5 Å². The van der Waals surface area contributed by atoms with Gasteiger partial charge in [0.2, 0.25) is 0 Å². The molecule has 0 spiro atoms. The van der Waals surface area contributed by atoms with Gasteiger partial charge in [-0.25, -0.2) is 0 Å². The molecule has 2 aromatic carbocycles. The van der Waals surface area contributed by atoms with Crippen molar-refractivity contribution in [3.63, 3.8) is 0 Å². The number of para-hydroxylation sites is 2. The number of hydrogen-bond acceptors (Lipinski definition) is 2. The Balaban J connectivity index is 2.31. The second-order valence-electron chi connectivity index (χ2n) is 3.91. The Morgan fingerprint density at radius 2 is 1.69 bits per heavy atom. The van der Waals surface area contributed by atoms with Crippen LogP contribution in [0.2, 0.25) is 0 Å². The largest absolute Gasteiger partial charge is 0.455 e. The highest BCUT2D eigenvalue weighted by atomic mass is 16.5. The smallest absolute Gasteiger partial charge is 0.150 e. The van der Waals surface area contributed by atoms with E-state index in [2.05, 4.69) is 13.0 Å². The first kappa shape index (κ1) is 10.6. The summed E-state index contributed by atoms with van der Waals surface area (Å²) in [5, 5.41) is 0. The Bertz CT molecular complexity index is 506. The van der Waals surface area contributed by atoms with Crippen LogP contribution in [0.4, 0.5) is 5.69 Å². The number of aryl methyl sites for hydroxylation is 2. The Morgan fingerprint density at radius 3 is 2.38 bits per heavy atom. The van der Waals surface area contributed by atoms with E-state index in [-0.39, 0.29) is 0 Å². The fourth-order valence-corrected chi connectivity index (χ4v) is 1.61. The van der Waals surface area contributed by atoms with E-state index in [0.717, 1.165) is 11.3 Å². The van der Waals surface area contributed by atoms with Gasteiger partial charge in [-0.1, -0.05) is 29.8 Å². The molecule has 82 valence electrons. The number of benzene rings is 2. The van der Waals surface area contributed by atoms with Crippen LogP contribution in [0, 0.1) is 13.8 Å². The Morgan fingerprint density at radius 1 is 0.938 bits per heavy atom. The molecule has 0 bridgehead atoms. The molecular formula is C14H15NO. The van der Waals surface area contributed by atoms with Gasteiger partial charge < -0.3 is 10.5 Å². The van der Waals surface area contributed by atoms with Gasteiger partial charge in [0.05, 0.1) is 5.69 Å². The second-order valence-corrected chi connectivity index (χ2v) is 3.91. The topological polar surface area (TPSA) is 35.2 Å². The third-order valence-corrected chi connectivity index (χ3v) is 2.47. The summed E-state index contributed by atoms with van der Waals surface area (Å²) in [6.45, 7) is 4.09. The predicted molar refractivity (Wildman–Crippen MR) is 66.8 cm³/mol. The van der Waals surface area contributed by atoms with Gasteiger partial charge in [-0.05, 0) is 37.6 Å². The molecule has 2 aromatic rings. The van der Waals surface area contributed by atoms with E-state index in [1.54, 1.807) is 0 Å². The summed E-state index contributed by atoms with van der Waals surface area (Å²) in [6, 6.07) is 13.6. The monoisotopic (exact) mass is 213 g/mol. The number of hydrogen-bond donors (Lipinski definition) is 1. The molecule has 0 amide bonds. The fraction of sp³-hybridized carbons (Fsp3) is 0.143. The number of ether oxygens (including phenoxy) is 1. The van der Waals surface area contributed by atoms with Crippen molar-refractivity contribution in [2.75, 3.05) is 5.73 Å². The molecule has 0 heterocycles. The maximum Gasteiger partial charge on any atom is 0.150 e. The maximum atomic E-state index is 5.82. The zero-order chi connectivity index (χ0) is 11.5. The summed E-state index contributed by atoms with van der Waals surface area (Å²) in [5.74, 6) is 1.55. The van der Waals surface area contributed by atoms with Gasteiger partial charge in [-0.3, -0.25) is 0 Å². The summed E-state index contributed by atoms with van der Waals surface area (Å²) in [5.41, 5.74) is 8.82. The number of rotatable bonds is 2. The average molecular weight is 213 g/mol. The highest BCUT2D eigenvalue weighted by molar-refractivity contribution is 5.54. The van der Waals surface area contributed by atoms with E-state index in [1.165, 1.54) is 5.56 Å². The molecular weight excluding hydrogens is 198 g/mol.